The molecule has 0 bridgehead atoms. The van der Waals surface area contributed by atoms with E-state index < -0.39 is 5.92 Å². The molecule has 1 saturated heterocycles. The molecule has 0 amide bonds. The van der Waals surface area contributed by atoms with Gasteiger partial charge in [-0.25, -0.2) is 8.78 Å². The van der Waals surface area contributed by atoms with E-state index in [0.29, 0.717) is 0 Å². The Hall–Kier alpha value is -2.62. The van der Waals surface area contributed by atoms with E-state index in [9.17, 15) is 8.78 Å². The largest absolute Gasteiger partial charge is 0.364 e. The van der Waals surface area contributed by atoms with Crippen molar-refractivity contribution in [2.75, 3.05) is 7.05 Å². The fraction of sp³-hybridized carbons (Fsp3) is 0.333. The maximum atomic E-state index is 13.6. The summed E-state index contributed by atoms with van der Waals surface area (Å²) in [5.41, 5.74) is 4.13. The number of nitrogens with zero attached hydrogens (tertiary/aromatic N) is 1. The molecule has 1 fully saturated rings. The monoisotopic (exact) mass is 384 g/mol. The van der Waals surface area contributed by atoms with Crippen molar-refractivity contribution in [1.29, 1.82) is 0 Å². The van der Waals surface area contributed by atoms with Crippen molar-refractivity contribution in [3.05, 3.63) is 95.5 Å². The Labute approximate surface area is 167 Å². The van der Waals surface area contributed by atoms with Gasteiger partial charge in [0.1, 0.15) is 0 Å². The molecule has 1 heterocycles. The van der Waals surface area contributed by atoms with Crippen LogP contribution in [0.25, 0.3) is 0 Å². The Morgan fingerprint density at radius 3 is 2.14 bits per heavy atom. The summed E-state index contributed by atoms with van der Waals surface area (Å²) in [7, 11) is 1.91. The minimum absolute atomic E-state index is 0.0144. The lowest BCUT2D eigenvalue weighted by molar-refractivity contribution is 0.0174. The van der Waals surface area contributed by atoms with Crippen LogP contribution in [0.5, 0.6) is 0 Å². The van der Waals surface area contributed by atoms with Crippen LogP contribution in [0.1, 0.15) is 55.0 Å². The zero-order valence-electron chi connectivity index (χ0n) is 17.4. The number of benzene rings is 2. The van der Waals surface area contributed by atoms with Gasteiger partial charge in [0, 0.05) is 31.1 Å². The Morgan fingerprint density at radius 1 is 1.00 bits per heavy atom. The third kappa shape index (κ3) is 4.44. The second-order valence-corrected chi connectivity index (χ2v) is 7.02. The maximum Gasteiger partial charge on any atom is 0.270 e. The van der Waals surface area contributed by atoms with Gasteiger partial charge in [0.2, 0.25) is 0 Å². The Bertz CT molecular complexity index is 834. The summed E-state index contributed by atoms with van der Waals surface area (Å²) in [6, 6.07) is 14.8. The smallest absolute Gasteiger partial charge is 0.270 e. The lowest BCUT2D eigenvalue weighted by Gasteiger charge is -2.43. The molecule has 0 saturated carbocycles. The summed E-state index contributed by atoms with van der Waals surface area (Å²) in [6.45, 7) is 15.3. The van der Waals surface area contributed by atoms with Crippen LogP contribution in [0, 0.1) is 6.92 Å². The van der Waals surface area contributed by atoms with Gasteiger partial charge in [-0.2, -0.15) is 0 Å². The number of hydrogen-bond donors (Lipinski definition) is 1. The molecule has 1 aliphatic heterocycles. The highest BCUT2D eigenvalue weighted by atomic mass is 19.3. The highest BCUT2D eigenvalue weighted by Crippen LogP contribution is 2.42. The number of alkyl halides is 2. The van der Waals surface area contributed by atoms with E-state index in [4.69, 9.17) is 0 Å². The maximum absolute atomic E-state index is 13.6. The van der Waals surface area contributed by atoms with E-state index in [0.717, 1.165) is 29.6 Å². The first-order chi connectivity index (χ1) is 13.2. The number of likely N-dealkylation sites (N-methyl/N-ethyl adjacent to an activating group) is 1. The fourth-order valence-electron chi connectivity index (χ4n) is 3.44. The molecule has 1 aliphatic rings. The minimum atomic E-state index is -2.85. The number of rotatable bonds is 3. The first-order valence-electron chi connectivity index (χ1n) is 9.61. The summed E-state index contributed by atoms with van der Waals surface area (Å²) in [6.07, 6.45) is 0. The van der Waals surface area contributed by atoms with Gasteiger partial charge < -0.3 is 10.2 Å². The highest BCUT2D eigenvalue weighted by Gasteiger charge is 2.35. The molecule has 4 heteroatoms. The zero-order chi connectivity index (χ0) is 21.1. The average molecular weight is 385 g/mol. The Morgan fingerprint density at radius 2 is 1.61 bits per heavy atom. The van der Waals surface area contributed by atoms with Crippen molar-refractivity contribution >= 4 is 0 Å². The first-order valence-corrected chi connectivity index (χ1v) is 9.61. The predicted molar refractivity (Wildman–Crippen MR) is 113 cm³/mol. The molecule has 0 spiro atoms. The second-order valence-electron chi connectivity index (χ2n) is 7.02. The van der Waals surface area contributed by atoms with Crippen molar-refractivity contribution in [1.82, 2.24) is 10.2 Å². The van der Waals surface area contributed by atoms with E-state index in [1.54, 1.807) is 12.1 Å². The molecule has 2 aromatic rings. The van der Waals surface area contributed by atoms with Crippen LogP contribution in [0.2, 0.25) is 0 Å². The Kier molecular flexibility index (Phi) is 6.65. The molecule has 1 unspecified atom stereocenters. The number of nitrogens with one attached hydrogen (secondary N) is 1. The minimum Gasteiger partial charge on any atom is -0.364 e. The summed E-state index contributed by atoms with van der Waals surface area (Å²) in [4.78, 5) is 1.92. The highest BCUT2D eigenvalue weighted by molar-refractivity contribution is 5.40. The summed E-state index contributed by atoms with van der Waals surface area (Å²) in [5, 5.41) is 3.46. The molecule has 3 rings (SSSR count). The quantitative estimate of drug-likeness (QED) is 0.652. The van der Waals surface area contributed by atoms with Crippen LogP contribution < -0.4 is 5.32 Å². The summed E-state index contributed by atoms with van der Waals surface area (Å²) >= 11 is 0. The normalized spacial score (nSPS) is 19.6. The zero-order valence-corrected chi connectivity index (χ0v) is 17.4. The van der Waals surface area contributed by atoms with Gasteiger partial charge in [0.05, 0.1) is 11.9 Å². The van der Waals surface area contributed by atoms with Crippen molar-refractivity contribution < 1.29 is 8.78 Å². The molecule has 1 N–H and O–H groups in total. The van der Waals surface area contributed by atoms with Crippen LogP contribution in [0.4, 0.5) is 8.78 Å². The van der Waals surface area contributed by atoms with E-state index in [1.807, 2.05) is 31.9 Å². The molecule has 0 aromatic heterocycles. The Balaban J connectivity index is 0.00000136. The van der Waals surface area contributed by atoms with Crippen LogP contribution in [-0.4, -0.2) is 11.9 Å². The number of aryl methyl sites for hydroxylation is 1. The van der Waals surface area contributed by atoms with Gasteiger partial charge in [-0.15, -0.1) is 0 Å². The second kappa shape index (κ2) is 8.59. The number of hydrogen-bond acceptors (Lipinski definition) is 2. The third-order valence-electron chi connectivity index (χ3n) is 5.03. The van der Waals surface area contributed by atoms with Gasteiger partial charge in [-0.1, -0.05) is 81.1 Å². The first kappa shape index (κ1) is 21.7. The van der Waals surface area contributed by atoms with Crippen molar-refractivity contribution in [2.24, 2.45) is 0 Å². The molecule has 0 aliphatic carbocycles. The average Bonchev–Trinajstić information content (AvgIpc) is 2.67. The van der Waals surface area contributed by atoms with E-state index in [-0.39, 0.29) is 17.5 Å². The molecule has 150 valence electrons. The lowest BCUT2D eigenvalue weighted by atomic mass is 9.82. The summed E-state index contributed by atoms with van der Waals surface area (Å²) in [5.74, 6) is -2.15. The molecule has 28 heavy (non-hydrogen) atoms. The van der Waals surface area contributed by atoms with Crippen molar-refractivity contribution in [3.63, 3.8) is 0 Å². The van der Waals surface area contributed by atoms with Gasteiger partial charge >= 0.3 is 0 Å². The van der Waals surface area contributed by atoms with E-state index in [2.05, 4.69) is 43.6 Å². The predicted octanol–water partition coefficient (Wildman–Crippen LogP) is 6.48. The molecule has 2 nitrogen and oxygen atoms in total. The SMILES string of the molecule is C=C1NC(c2cccc(C)c2)[C@@H](c2ccc(C(C)(F)F)cc2)C(=C)N1C.CC. The molecular weight excluding hydrogens is 354 g/mol. The molecule has 2 atom stereocenters. The van der Waals surface area contributed by atoms with Crippen molar-refractivity contribution in [3.8, 4) is 0 Å². The van der Waals surface area contributed by atoms with E-state index >= 15 is 0 Å². The summed E-state index contributed by atoms with van der Waals surface area (Å²) < 4.78 is 27.1. The third-order valence-corrected chi connectivity index (χ3v) is 5.03. The number of halogens is 2. The van der Waals surface area contributed by atoms with Crippen LogP contribution >= 0.6 is 0 Å². The van der Waals surface area contributed by atoms with Crippen LogP contribution in [0.3, 0.4) is 0 Å². The molecular formula is C24H30F2N2. The van der Waals surface area contributed by atoms with Gasteiger partial charge in [-0.05, 0) is 18.1 Å². The van der Waals surface area contributed by atoms with Crippen molar-refractivity contribution in [2.45, 2.75) is 45.6 Å². The molecule has 2 aromatic carbocycles. The van der Waals surface area contributed by atoms with Gasteiger partial charge in [0.15, 0.2) is 0 Å². The fourth-order valence-corrected chi connectivity index (χ4v) is 3.44. The van der Waals surface area contributed by atoms with E-state index in [1.165, 1.54) is 17.7 Å². The molecule has 0 radical (unpaired) electrons. The van der Waals surface area contributed by atoms with Gasteiger partial charge in [0.25, 0.3) is 5.92 Å². The van der Waals surface area contributed by atoms with Crippen LogP contribution in [0.15, 0.2) is 73.2 Å². The van der Waals surface area contributed by atoms with Crippen LogP contribution in [-0.2, 0) is 5.92 Å². The standard InChI is InChI=1S/C22H24F2N2.C2H6/c1-14-7-6-8-18(13-14)21-20(15(2)26(5)16(3)25-21)17-9-11-19(12-10-17)22(4,23)24;1-2/h6-13,20-21,25H,2-3H2,1,4-5H3;1-2H3/t20-,21?;/m1./s1. The van der Waals surface area contributed by atoms with Gasteiger partial charge in [-0.3, -0.25) is 0 Å². The topological polar surface area (TPSA) is 15.3 Å². The lowest BCUT2D eigenvalue weighted by Crippen LogP contribution is -2.42.